The summed E-state index contributed by atoms with van der Waals surface area (Å²) in [6.07, 6.45) is 1.35. The normalized spacial score (nSPS) is 11.0. The molecule has 0 aromatic carbocycles. The molecule has 0 radical (unpaired) electrons. The van der Waals surface area contributed by atoms with Crippen LogP contribution in [-0.4, -0.2) is 20.9 Å². The van der Waals surface area contributed by atoms with Gasteiger partial charge >= 0.3 is 0 Å². The van der Waals surface area contributed by atoms with Crippen LogP contribution in [0, 0.1) is 27.7 Å². The number of hydrogen-bond acceptors (Lipinski definition) is 6. The van der Waals surface area contributed by atoms with E-state index in [0.717, 1.165) is 11.3 Å². The van der Waals surface area contributed by atoms with Crippen molar-refractivity contribution in [2.24, 2.45) is 0 Å². The molecule has 3 heterocycles. The third-order valence-electron chi connectivity index (χ3n) is 3.31. The van der Waals surface area contributed by atoms with E-state index >= 15 is 0 Å². The van der Waals surface area contributed by atoms with Crippen LogP contribution in [0.15, 0.2) is 15.2 Å². The minimum atomic E-state index is -0.397. The summed E-state index contributed by atoms with van der Waals surface area (Å²) >= 11 is 0. The maximum absolute atomic E-state index is 12.3. The Balaban J connectivity index is 2.02. The van der Waals surface area contributed by atoms with Crippen LogP contribution in [0.2, 0.25) is 0 Å². The molecule has 3 rings (SSSR count). The van der Waals surface area contributed by atoms with Crippen molar-refractivity contribution in [1.82, 2.24) is 15.0 Å². The molecule has 0 fully saturated rings. The zero-order valence-corrected chi connectivity index (χ0v) is 12.1. The lowest BCUT2D eigenvalue weighted by Crippen LogP contribution is -2.13. The third kappa shape index (κ3) is 2.16. The highest BCUT2D eigenvalue weighted by atomic mass is 16.4. The van der Waals surface area contributed by atoms with Crippen molar-refractivity contribution in [3.8, 4) is 0 Å². The van der Waals surface area contributed by atoms with E-state index in [1.54, 1.807) is 13.8 Å². The minimum absolute atomic E-state index is 0.178. The third-order valence-corrected chi connectivity index (χ3v) is 3.31. The van der Waals surface area contributed by atoms with Gasteiger partial charge in [-0.3, -0.25) is 4.79 Å². The van der Waals surface area contributed by atoms with Crippen LogP contribution in [0.4, 0.5) is 5.82 Å². The van der Waals surface area contributed by atoms with E-state index in [1.807, 2.05) is 13.8 Å². The van der Waals surface area contributed by atoms with Crippen molar-refractivity contribution >= 4 is 22.8 Å². The number of nitrogens with one attached hydrogen (secondary N) is 1. The second-order valence-corrected chi connectivity index (χ2v) is 4.79. The number of carbonyl (C=O) groups is 1. The summed E-state index contributed by atoms with van der Waals surface area (Å²) in [6.45, 7) is 7.14. The summed E-state index contributed by atoms with van der Waals surface area (Å²) in [5, 5.41) is 3.42. The van der Waals surface area contributed by atoms with Crippen molar-refractivity contribution in [3.63, 3.8) is 0 Å². The Labute approximate surface area is 120 Å². The fraction of sp³-hybridized carbons (Fsp3) is 0.286. The highest BCUT2D eigenvalue weighted by molar-refractivity contribution is 6.06. The first-order valence-corrected chi connectivity index (χ1v) is 6.43. The smallest absolute Gasteiger partial charge is 0.294 e. The van der Waals surface area contributed by atoms with Gasteiger partial charge in [-0.2, -0.15) is 0 Å². The molecule has 7 nitrogen and oxygen atoms in total. The predicted octanol–water partition coefficient (Wildman–Crippen LogP) is 2.70. The fourth-order valence-corrected chi connectivity index (χ4v) is 2.18. The summed E-state index contributed by atoms with van der Waals surface area (Å²) in [5.41, 5.74) is 1.88. The number of hydrogen-bond donors (Lipinski definition) is 1. The number of oxazole rings is 1. The number of fused-ring (bicyclic) bond motifs is 1. The Morgan fingerprint density at radius 2 is 1.90 bits per heavy atom. The van der Waals surface area contributed by atoms with Crippen LogP contribution in [0.5, 0.6) is 0 Å². The molecule has 3 aromatic heterocycles. The van der Waals surface area contributed by atoms with Crippen LogP contribution in [0.3, 0.4) is 0 Å². The Morgan fingerprint density at radius 3 is 2.57 bits per heavy atom. The second kappa shape index (κ2) is 4.69. The number of amides is 1. The Hall–Kier alpha value is -2.70. The molecular weight excluding hydrogens is 272 g/mol. The molecule has 0 aliphatic heterocycles. The van der Waals surface area contributed by atoms with Gasteiger partial charge in [0, 0.05) is 12.5 Å². The van der Waals surface area contributed by atoms with Crippen LogP contribution in [0.25, 0.3) is 11.1 Å². The van der Waals surface area contributed by atoms with Crippen molar-refractivity contribution < 1.29 is 13.6 Å². The Bertz CT molecular complexity index is 847. The maximum Gasteiger partial charge on any atom is 0.294 e. The van der Waals surface area contributed by atoms with E-state index in [-0.39, 0.29) is 5.76 Å². The van der Waals surface area contributed by atoms with E-state index < -0.39 is 5.91 Å². The molecule has 21 heavy (non-hydrogen) atoms. The van der Waals surface area contributed by atoms with Gasteiger partial charge in [0.2, 0.25) is 11.5 Å². The van der Waals surface area contributed by atoms with Crippen LogP contribution in [-0.2, 0) is 0 Å². The number of furan rings is 1. The van der Waals surface area contributed by atoms with Gasteiger partial charge in [-0.05, 0) is 20.8 Å². The summed E-state index contributed by atoms with van der Waals surface area (Å²) in [6, 6.07) is 0. The van der Waals surface area contributed by atoms with Crippen molar-refractivity contribution in [2.75, 3.05) is 5.32 Å². The summed E-state index contributed by atoms with van der Waals surface area (Å²) < 4.78 is 10.8. The molecule has 0 aliphatic carbocycles. The first kappa shape index (κ1) is 13.3. The number of aryl methyl sites for hydroxylation is 4. The average Bonchev–Trinajstić information content (AvgIpc) is 2.91. The van der Waals surface area contributed by atoms with Gasteiger partial charge in [-0.15, -0.1) is 0 Å². The molecule has 3 aromatic rings. The van der Waals surface area contributed by atoms with E-state index in [2.05, 4.69) is 20.3 Å². The van der Waals surface area contributed by atoms with E-state index in [0.29, 0.717) is 28.5 Å². The molecule has 1 amide bonds. The maximum atomic E-state index is 12.3. The van der Waals surface area contributed by atoms with Gasteiger partial charge in [-0.25, -0.2) is 15.0 Å². The summed E-state index contributed by atoms with van der Waals surface area (Å²) in [5.74, 6) is 1.37. The predicted molar refractivity (Wildman–Crippen MR) is 75.2 cm³/mol. The number of carbonyl (C=O) groups excluding carboxylic acids is 1. The van der Waals surface area contributed by atoms with Crippen LogP contribution < -0.4 is 5.32 Å². The van der Waals surface area contributed by atoms with Gasteiger partial charge < -0.3 is 14.2 Å². The summed E-state index contributed by atoms with van der Waals surface area (Å²) in [4.78, 5) is 24.5. The Morgan fingerprint density at radius 1 is 1.14 bits per heavy atom. The SMILES string of the molecule is Cc1nc(C)c(C(=O)Nc2ncnc3oc(C)c(C)c23)o1. The minimum Gasteiger partial charge on any atom is -0.443 e. The number of rotatable bonds is 2. The zero-order valence-electron chi connectivity index (χ0n) is 12.1. The summed E-state index contributed by atoms with van der Waals surface area (Å²) in [7, 11) is 0. The zero-order chi connectivity index (χ0) is 15.1. The van der Waals surface area contributed by atoms with Crippen molar-refractivity contribution in [1.29, 1.82) is 0 Å². The van der Waals surface area contributed by atoms with Gasteiger partial charge in [0.15, 0.2) is 5.89 Å². The highest BCUT2D eigenvalue weighted by Crippen LogP contribution is 2.28. The van der Waals surface area contributed by atoms with Gasteiger partial charge in [0.25, 0.3) is 5.91 Å². The molecular formula is C14H14N4O3. The van der Waals surface area contributed by atoms with E-state index in [4.69, 9.17) is 8.83 Å². The van der Waals surface area contributed by atoms with Gasteiger partial charge in [-0.1, -0.05) is 0 Å². The van der Waals surface area contributed by atoms with Crippen LogP contribution in [0.1, 0.15) is 33.5 Å². The van der Waals surface area contributed by atoms with Gasteiger partial charge in [0.05, 0.1) is 11.1 Å². The molecule has 0 bridgehead atoms. The lowest BCUT2D eigenvalue weighted by atomic mass is 10.2. The van der Waals surface area contributed by atoms with Crippen molar-refractivity contribution in [3.05, 3.63) is 35.0 Å². The lowest BCUT2D eigenvalue weighted by Gasteiger charge is -2.03. The fourth-order valence-electron chi connectivity index (χ4n) is 2.18. The molecule has 7 heteroatoms. The largest absolute Gasteiger partial charge is 0.443 e. The molecule has 0 saturated carbocycles. The molecule has 0 atom stereocenters. The standard InChI is InChI=1S/C14H14N4O3/c1-6-8(3)20-14-10(6)12(15-5-16-14)18-13(19)11-7(2)17-9(4)21-11/h5H,1-4H3,(H,15,16,18,19). The van der Waals surface area contributed by atoms with E-state index in [9.17, 15) is 4.79 Å². The highest BCUT2D eigenvalue weighted by Gasteiger charge is 2.20. The Kier molecular flexibility index (Phi) is 2.97. The second-order valence-electron chi connectivity index (χ2n) is 4.79. The molecule has 108 valence electrons. The quantitative estimate of drug-likeness (QED) is 0.778. The molecule has 0 spiro atoms. The molecule has 0 saturated heterocycles. The van der Waals surface area contributed by atoms with Gasteiger partial charge in [0.1, 0.15) is 17.9 Å². The first-order chi connectivity index (χ1) is 9.97. The average molecular weight is 286 g/mol. The van der Waals surface area contributed by atoms with E-state index in [1.165, 1.54) is 6.33 Å². The molecule has 0 unspecified atom stereocenters. The number of anilines is 1. The monoisotopic (exact) mass is 286 g/mol. The molecule has 1 N–H and O–H groups in total. The topological polar surface area (TPSA) is 94.1 Å². The van der Waals surface area contributed by atoms with Crippen molar-refractivity contribution in [2.45, 2.75) is 27.7 Å². The lowest BCUT2D eigenvalue weighted by molar-refractivity contribution is 0.0994. The number of nitrogens with zero attached hydrogens (tertiary/aromatic N) is 3. The molecule has 0 aliphatic rings. The van der Waals surface area contributed by atoms with Crippen LogP contribution >= 0.6 is 0 Å². The number of aromatic nitrogens is 3. The first-order valence-electron chi connectivity index (χ1n) is 6.43.